The molecule has 0 aliphatic heterocycles. The Morgan fingerprint density at radius 1 is 0.745 bits per heavy atom. The van der Waals surface area contributed by atoms with Crippen molar-refractivity contribution in [3.63, 3.8) is 0 Å². The lowest BCUT2D eigenvalue weighted by Gasteiger charge is -2.16. The molecule has 4 heterocycles. The van der Waals surface area contributed by atoms with E-state index in [0.29, 0.717) is 17.2 Å². The van der Waals surface area contributed by atoms with E-state index in [4.69, 9.17) is 14.4 Å². The van der Waals surface area contributed by atoms with Crippen LogP contribution < -0.4 is 9.94 Å². The molecule has 0 amide bonds. The number of hydrogen-bond acceptors (Lipinski definition) is 4. The maximum atomic E-state index is 10.9. The summed E-state index contributed by atoms with van der Waals surface area (Å²) in [4.78, 5) is 9.64. The van der Waals surface area contributed by atoms with Gasteiger partial charge >= 0.3 is 6.98 Å². The Labute approximate surface area is 270 Å². The molecule has 9 aromatic rings. The molecule has 5 aromatic carbocycles. The van der Waals surface area contributed by atoms with Gasteiger partial charge in [-0.2, -0.15) is 0 Å². The molecule has 0 fully saturated rings. The van der Waals surface area contributed by atoms with Gasteiger partial charge in [-0.25, -0.2) is 4.98 Å². The van der Waals surface area contributed by atoms with E-state index in [9.17, 15) is 5.11 Å². The molecule has 8 heteroatoms. The Kier molecular flexibility index (Phi) is 6.24. The molecule has 0 radical (unpaired) electrons. The molecule has 0 atom stereocenters. The normalized spacial score (nSPS) is 11.5. The number of fused-ring (bicyclic) bond motifs is 3. The Bertz CT molecular complexity index is 2540. The van der Waals surface area contributed by atoms with E-state index in [-0.39, 0.29) is 12.7 Å². The van der Waals surface area contributed by atoms with Crippen molar-refractivity contribution >= 4 is 45.5 Å². The van der Waals surface area contributed by atoms with E-state index in [1.807, 2.05) is 102 Å². The molecule has 0 unspecified atom stereocenters. The molecular formula is C39H26BN5O2. The predicted molar refractivity (Wildman–Crippen MR) is 185 cm³/mol. The van der Waals surface area contributed by atoms with E-state index >= 15 is 0 Å². The monoisotopic (exact) mass is 607 g/mol. The Balaban J connectivity index is 1.35. The van der Waals surface area contributed by atoms with Crippen molar-refractivity contribution in [2.75, 3.05) is 0 Å². The van der Waals surface area contributed by atoms with E-state index in [2.05, 4.69) is 63.9 Å². The highest BCUT2D eigenvalue weighted by atomic mass is 16.3. The minimum Gasteiger partial charge on any atom is -0.513 e. The third-order valence-corrected chi connectivity index (χ3v) is 8.62. The first-order valence-corrected chi connectivity index (χ1v) is 15.4. The van der Waals surface area contributed by atoms with Crippen LogP contribution in [0.3, 0.4) is 0 Å². The number of pyridine rings is 1. The van der Waals surface area contributed by atoms with Gasteiger partial charge in [0, 0.05) is 46.0 Å². The lowest BCUT2D eigenvalue weighted by atomic mass is 9.67. The van der Waals surface area contributed by atoms with E-state index in [1.54, 1.807) is 6.07 Å². The smallest absolute Gasteiger partial charge is 0.513 e. The van der Waals surface area contributed by atoms with Crippen molar-refractivity contribution in [1.82, 2.24) is 19.0 Å². The van der Waals surface area contributed by atoms with Crippen LogP contribution in [0.5, 0.6) is 5.75 Å². The zero-order valence-corrected chi connectivity index (χ0v) is 25.1. The Morgan fingerprint density at radius 2 is 1.49 bits per heavy atom. The highest BCUT2D eigenvalue weighted by Crippen LogP contribution is 2.35. The summed E-state index contributed by atoms with van der Waals surface area (Å²) in [6.45, 7) is -0.359. The first-order valence-electron chi connectivity index (χ1n) is 15.4. The summed E-state index contributed by atoms with van der Waals surface area (Å²) in [5.74, 6) is 0.756. The van der Waals surface area contributed by atoms with Crippen LogP contribution >= 0.6 is 0 Å². The van der Waals surface area contributed by atoms with E-state index in [1.165, 1.54) is 0 Å². The molecule has 7 nitrogen and oxygen atoms in total. The highest BCUT2D eigenvalue weighted by Gasteiger charge is 2.33. The Morgan fingerprint density at radius 3 is 2.30 bits per heavy atom. The summed E-state index contributed by atoms with van der Waals surface area (Å²) in [5.41, 5.74) is 8.78. The van der Waals surface area contributed by atoms with Gasteiger partial charge in [0.15, 0.2) is 5.58 Å². The van der Waals surface area contributed by atoms with Crippen LogP contribution in [0.15, 0.2) is 156 Å². The van der Waals surface area contributed by atoms with Crippen LogP contribution in [-0.2, 0) is 0 Å². The van der Waals surface area contributed by atoms with Gasteiger partial charge < -0.3 is 23.0 Å². The van der Waals surface area contributed by atoms with Crippen LogP contribution in [0.2, 0.25) is 0 Å². The molecule has 0 spiro atoms. The summed E-state index contributed by atoms with van der Waals surface area (Å²) < 4.78 is 12.7. The molecule has 9 rings (SSSR count). The van der Waals surface area contributed by atoms with Gasteiger partial charge in [0.1, 0.15) is 11.3 Å². The number of imidazole rings is 1. The maximum Gasteiger partial charge on any atom is 0.523 e. The first-order chi connectivity index (χ1) is 23.2. The number of hydrogen-bond donors (Lipinski definition) is 1. The minimum absolute atomic E-state index is 0.179. The van der Waals surface area contributed by atoms with Crippen molar-refractivity contribution < 1.29 is 14.0 Å². The summed E-state index contributed by atoms with van der Waals surface area (Å²) in [6.07, 6.45) is 7.60. The van der Waals surface area contributed by atoms with Gasteiger partial charge in [-0.1, -0.05) is 97.1 Å². The number of rotatable bonds is 6. The number of aromatic nitrogens is 5. The molecule has 1 N–H and O–H groups in total. The van der Waals surface area contributed by atoms with Gasteiger partial charge in [0.25, 0.3) is 0 Å². The van der Waals surface area contributed by atoms with Crippen LogP contribution in [0.25, 0.3) is 61.4 Å². The molecule has 4 aromatic heterocycles. The zero-order chi connectivity index (χ0) is 31.3. The fourth-order valence-electron chi connectivity index (χ4n) is 6.46. The third-order valence-electron chi connectivity index (χ3n) is 8.62. The quantitative estimate of drug-likeness (QED) is 0.163. The third kappa shape index (κ3) is 4.49. The van der Waals surface area contributed by atoms with Crippen LogP contribution in [0.1, 0.15) is 0 Å². The SMILES string of the molecule is Oc1ccccc1-n1[c-][n+](B(c2ccccc2)n2cc(-c3ccccn3)c3cc4nc(-c5ccccc5)oc4cc32)c2ccccc21. The Hall–Kier alpha value is -6.41. The topological polar surface area (TPSA) is 72.9 Å². The van der Waals surface area contributed by atoms with Crippen LogP contribution in [0.4, 0.5) is 0 Å². The molecule has 0 saturated heterocycles. The fraction of sp³-hybridized carbons (Fsp3) is 0. The lowest BCUT2D eigenvalue weighted by molar-refractivity contribution is -0.513. The summed E-state index contributed by atoms with van der Waals surface area (Å²) in [6, 6.07) is 46.0. The van der Waals surface area contributed by atoms with Gasteiger partial charge in [-0.05, 0) is 41.9 Å². The number of benzene rings is 5. The zero-order valence-electron chi connectivity index (χ0n) is 25.1. The number of phenolic OH excluding ortho intramolecular Hbond substituents is 1. The van der Waals surface area contributed by atoms with E-state index in [0.717, 1.165) is 49.7 Å². The van der Waals surface area contributed by atoms with Crippen molar-refractivity contribution in [2.45, 2.75) is 0 Å². The first kappa shape index (κ1) is 27.0. The van der Waals surface area contributed by atoms with Crippen molar-refractivity contribution in [3.8, 4) is 34.1 Å². The molecule has 0 aliphatic carbocycles. The standard InChI is InChI=1S/C39H26BN5O2/c46-37-21-10-9-20-35(37)43-26-45(34-19-8-7-18-33(34)43)40(28-15-5-2-6-16-28)44-25-30(31-17-11-12-22-41-31)29-23-32-38(24-36(29)44)47-39(42-32)27-13-3-1-4-14-27/h1-25,46H. The minimum atomic E-state index is -0.359. The second-order valence-electron chi connectivity index (χ2n) is 11.5. The van der Waals surface area contributed by atoms with Crippen LogP contribution in [0, 0.1) is 6.33 Å². The average molecular weight is 607 g/mol. The summed E-state index contributed by atoms with van der Waals surface area (Å²) in [7, 11) is 0. The van der Waals surface area contributed by atoms with Crippen molar-refractivity contribution in [1.29, 1.82) is 0 Å². The number of nitrogens with zero attached hydrogens (tertiary/aromatic N) is 5. The van der Waals surface area contributed by atoms with Crippen molar-refractivity contribution in [2.24, 2.45) is 0 Å². The molecule has 0 saturated carbocycles. The highest BCUT2D eigenvalue weighted by molar-refractivity contribution is 6.65. The number of aromatic hydroxyl groups is 1. The fourth-order valence-corrected chi connectivity index (χ4v) is 6.46. The van der Waals surface area contributed by atoms with Crippen molar-refractivity contribution in [3.05, 3.63) is 158 Å². The second kappa shape index (κ2) is 10.9. The van der Waals surface area contributed by atoms with Gasteiger partial charge in [0.05, 0.1) is 16.9 Å². The molecule has 47 heavy (non-hydrogen) atoms. The molecule has 222 valence electrons. The lowest BCUT2D eigenvalue weighted by Crippen LogP contribution is -2.63. The van der Waals surface area contributed by atoms with Gasteiger partial charge in [0.2, 0.25) is 12.2 Å². The molecular weight excluding hydrogens is 581 g/mol. The largest absolute Gasteiger partial charge is 0.523 e. The number of oxazole rings is 1. The van der Waals surface area contributed by atoms with Gasteiger partial charge in [-0.3, -0.25) is 4.98 Å². The van der Waals surface area contributed by atoms with Gasteiger partial charge in [-0.15, -0.1) is 0 Å². The average Bonchev–Trinajstić information content (AvgIpc) is 3.83. The number of para-hydroxylation sites is 4. The predicted octanol–water partition coefficient (Wildman–Crippen LogP) is 7.04. The summed E-state index contributed by atoms with van der Waals surface area (Å²) >= 11 is 0. The van der Waals surface area contributed by atoms with Crippen LogP contribution in [-0.4, -0.2) is 31.1 Å². The second-order valence-corrected chi connectivity index (χ2v) is 11.5. The molecule has 0 bridgehead atoms. The summed E-state index contributed by atoms with van der Waals surface area (Å²) in [5, 5.41) is 11.9. The number of phenols is 1. The molecule has 0 aliphatic rings. The maximum absolute atomic E-state index is 10.9. The van der Waals surface area contributed by atoms with E-state index < -0.39 is 0 Å².